The fraction of sp³-hybridized carbons (Fsp3) is 0.720. The van der Waals surface area contributed by atoms with E-state index in [0.29, 0.717) is 11.0 Å². The summed E-state index contributed by atoms with van der Waals surface area (Å²) in [5.41, 5.74) is 3.57. The van der Waals surface area contributed by atoms with Crippen LogP contribution in [0.1, 0.15) is 70.8 Å². The monoisotopic (exact) mass is 380 g/mol. The molecule has 3 heterocycles. The van der Waals surface area contributed by atoms with Crippen molar-refractivity contribution in [2.75, 3.05) is 20.2 Å². The summed E-state index contributed by atoms with van der Waals surface area (Å²) < 4.78 is 5.46. The lowest BCUT2D eigenvalue weighted by molar-refractivity contribution is -0.0868. The molecule has 5 atom stereocenters. The molecule has 3 nitrogen and oxygen atoms in total. The third-order valence-electron chi connectivity index (χ3n) is 9.14. The first-order valence-corrected chi connectivity index (χ1v) is 11.5. The quantitative estimate of drug-likeness (QED) is 0.671. The Bertz CT molecular complexity index is 774. The van der Waals surface area contributed by atoms with Crippen LogP contribution < -0.4 is 4.74 Å². The number of nitrogens with zero attached hydrogens (tertiary/aromatic N) is 2. The zero-order valence-corrected chi connectivity index (χ0v) is 17.9. The Labute approximate surface area is 170 Å². The summed E-state index contributed by atoms with van der Waals surface area (Å²) in [6.45, 7) is 7.82. The Morgan fingerprint density at radius 2 is 1.93 bits per heavy atom. The fourth-order valence-electron chi connectivity index (χ4n) is 7.62. The topological polar surface area (TPSA) is 25.4 Å². The molecule has 2 aliphatic carbocycles. The average molecular weight is 381 g/mol. The van der Waals surface area contributed by atoms with E-state index in [1.165, 1.54) is 75.6 Å². The molecule has 0 amide bonds. The van der Waals surface area contributed by atoms with Crippen molar-refractivity contribution < 1.29 is 4.74 Å². The third-order valence-corrected chi connectivity index (χ3v) is 9.14. The molecule has 2 saturated heterocycles. The highest BCUT2D eigenvalue weighted by Gasteiger charge is 2.57. The molecule has 3 heteroatoms. The van der Waals surface area contributed by atoms with Crippen molar-refractivity contribution in [1.82, 2.24) is 9.88 Å². The Morgan fingerprint density at radius 3 is 2.79 bits per heavy atom. The van der Waals surface area contributed by atoms with Gasteiger partial charge in [-0.25, -0.2) is 0 Å². The van der Waals surface area contributed by atoms with Crippen LogP contribution in [0.25, 0.3) is 5.57 Å². The second-order valence-electron chi connectivity index (χ2n) is 10.2. The predicted octanol–water partition coefficient (Wildman–Crippen LogP) is 5.56. The van der Waals surface area contributed by atoms with Crippen LogP contribution >= 0.6 is 0 Å². The van der Waals surface area contributed by atoms with E-state index in [9.17, 15) is 0 Å². The molecule has 152 valence electrons. The van der Waals surface area contributed by atoms with Crippen LogP contribution in [0.5, 0.6) is 5.75 Å². The minimum absolute atomic E-state index is 0.304. The van der Waals surface area contributed by atoms with Gasteiger partial charge in [-0.3, -0.25) is 9.88 Å². The molecule has 0 N–H and O–H groups in total. The van der Waals surface area contributed by atoms with E-state index in [-0.39, 0.29) is 0 Å². The summed E-state index contributed by atoms with van der Waals surface area (Å²) in [6, 6.07) is 2.19. The van der Waals surface area contributed by atoms with Gasteiger partial charge in [-0.1, -0.05) is 25.8 Å². The van der Waals surface area contributed by atoms with Crippen LogP contribution in [-0.2, 0) is 0 Å². The fourth-order valence-corrected chi connectivity index (χ4v) is 7.62. The molecule has 0 bridgehead atoms. The lowest BCUT2D eigenvalue weighted by atomic mass is 9.52. The first-order chi connectivity index (χ1) is 13.6. The summed E-state index contributed by atoms with van der Waals surface area (Å²) >= 11 is 0. The maximum atomic E-state index is 5.46. The third kappa shape index (κ3) is 2.69. The van der Waals surface area contributed by atoms with Crippen molar-refractivity contribution in [2.24, 2.45) is 23.2 Å². The van der Waals surface area contributed by atoms with E-state index >= 15 is 0 Å². The standard InChI is InChI=1S/C25H36N2O/c1-24-12-9-23-20(10-14-27-13-6-4-5-11-25(23,27)2)22(24)8-7-21(24)18-15-19(28-3)17-26-16-18/h7,15-17,20,22-23H,4-6,8-14H2,1-3H3/t20?,22?,23?,24-,25-/m1/s1. The minimum Gasteiger partial charge on any atom is -0.495 e. The Kier molecular flexibility index (Phi) is 4.58. The molecule has 1 aromatic rings. The first-order valence-electron chi connectivity index (χ1n) is 11.5. The Morgan fingerprint density at radius 1 is 1.04 bits per heavy atom. The maximum absolute atomic E-state index is 5.46. The molecular formula is C25H36N2O. The molecule has 2 aliphatic heterocycles. The van der Waals surface area contributed by atoms with Crippen LogP contribution in [0.3, 0.4) is 0 Å². The largest absolute Gasteiger partial charge is 0.495 e. The number of methoxy groups -OCH3 is 1. The molecule has 3 unspecified atom stereocenters. The van der Waals surface area contributed by atoms with Gasteiger partial charge in [0.15, 0.2) is 0 Å². The molecular weight excluding hydrogens is 344 g/mol. The number of aromatic nitrogens is 1. The second-order valence-corrected chi connectivity index (χ2v) is 10.2. The summed E-state index contributed by atoms with van der Waals surface area (Å²) in [5, 5.41) is 0. The lowest BCUT2D eigenvalue weighted by Gasteiger charge is -2.60. The average Bonchev–Trinajstić information content (AvgIpc) is 2.94. The van der Waals surface area contributed by atoms with Gasteiger partial charge < -0.3 is 4.74 Å². The van der Waals surface area contributed by atoms with Crippen LogP contribution in [0.15, 0.2) is 24.5 Å². The van der Waals surface area contributed by atoms with Crippen molar-refractivity contribution in [2.45, 2.75) is 70.8 Å². The smallest absolute Gasteiger partial charge is 0.137 e. The van der Waals surface area contributed by atoms with Gasteiger partial charge in [0, 0.05) is 11.7 Å². The number of piperidine rings is 1. The number of ether oxygens (including phenoxy) is 1. The number of pyridine rings is 1. The molecule has 4 aliphatic rings. The minimum atomic E-state index is 0.304. The maximum Gasteiger partial charge on any atom is 0.137 e. The normalized spacial score (nSPS) is 40.7. The van der Waals surface area contributed by atoms with Crippen molar-refractivity contribution in [3.8, 4) is 5.75 Å². The Balaban J connectivity index is 1.44. The van der Waals surface area contributed by atoms with Gasteiger partial charge in [0.1, 0.15) is 5.75 Å². The van der Waals surface area contributed by atoms with E-state index in [2.05, 4.69) is 35.9 Å². The van der Waals surface area contributed by atoms with Crippen molar-refractivity contribution >= 4 is 5.57 Å². The van der Waals surface area contributed by atoms with Crippen molar-refractivity contribution in [3.63, 3.8) is 0 Å². The predicted molar refractivity (Wildman–Crippen MR) is 114 cm³/mol. The molecule has 5 rings (SSSR count). The van der Waals surface area contributed by atoms with Gasteiger partial charge in [-0.2, -0.15) is 0 Å². The summed E-state index contributed by atoms with van der Waals surface area (Å²) in [7, 11) is 1.74. The number of rotatable bonds is 2. The summed E-state index contributed by atoms with van der Waals surface area (Å²) in [5.74, 6) is 3.44. The number of allylic oxidation sites excluding steroid dienone is 2. The number of hydrogen-bond donors (Lipinski definition) is 0. The van der Waals surface area contributed by atoms with E-state index in [1.54, 1.807) is 7.11 Å². The van der Waals surface area contributed by atoms with E-state index in [4.69, 9.17) is 4.74 Å². The number of fused-ring (bicyclic) bond motifs is 5. The van der Waals surface area contributed by atoms with Gasteiger partial charge >= 0.3 is 0 Å². The van der Waals surface area contributed by atoms with Gasteiger partial charge in [-0.15, -0.1) is 0 Å². The highest BCUT2D eigenvalue weighted by atomic mass is 16.5. The zero-order valence-electron chi connectivity index (χ0n) is 17.9. The zero-order chi connectivity index (χ0) is 19.4. The first kappa shape index (κ1) is 18.7. The van der Waals surface area contributed by atoms with Crippen LogP contribution in [0, 0.1) is 23.2 Å². The molecule has 0 radical (unpaired) electrons. The van der Waals surface area contributed by atoms with Gasteiger partial charge in [-0.05, 0) is 98.9 Å². The molecule has 28 heavy (non-hydrogen) atoms. The summed E-state index contributed by atoms with van der Waals surface area (Å²) in [6.07, 6.45) is 17.5. The highest BCUT2D eigenvalue weighted by molar-refractivity contribution is 5.73. The van der Waals surface area contributed by atoms with E-state index in [0.717, 1.165) is 23.5 Å². The molecule has 1 aromatic heterocycles. The molecule has 0 spiro atoms. The van der Waals surface area contributed by atoms with Crippen LogP contribution in [0.2, 0.25) is 0 Å². The van der Waals surface area contributed by atoms with Gasteiger partial charge in [0.05, 0.1) is 13.3 Å². The van der Waals surface area contributed by atoms with Crippen molar-refractivity contribution in [1.29, 1.82) is 0 Å². The highest BCUT2D eigenvalue weighted by Crippen LogP contribution is 2.63. The van der Waals surface area contributed by atoms with Gasteiger partial charge in [0.2, 0.25) is 0 Å². The molecule has 0 aromatic carbocycles. The van der Waals surface area contributed by atoms with Crippen molar-refractivity contribution in [3.05, 3.63) is 30.1 Å². The number of hydrogen-bond acceptors (Lipinski definition) is 3. The molecule has 1 saturated carbocycles. The Hall–Kier alpha value is -1.35. The van der Waals surface area contributed by atoms with Crippen LogP contribution in [-0.4, -0.2) is 35.6 Å². The summed E-state index contributed by atoms with van der Waals surface area (Å²) in [4.78, 5) is 7.34. The van der Waals surface area contributed by atoms with E-state index in [1.807, 2.05) is 12.4 Å². The van der Waals surface area contributed by atoms with E-state index < -0.39 is 0 Å². The van der Waals surface area contributed by atoms with Crippen LogP contribution in [0.4, 0.5) is 0 Å². The molecule has 3 fully saturated rings. The van der Waals surface area contributed by atoms with Gasteiger partial charge in [0.25, 0.3) is 0 Å². The SMILES string of the molecule is COc1cncc(C2=CCC3C4CCN5CCCCC[C@]5(C)C4CC[C@]23C)c1. The lowest BCUT2D eigenvalue weighted by Crippen LogP contribution is -2.61. The second kappa shape index (κ2) is 6.86.